The Morgan fingerprint density at radius 2 is 1.65 bits per heavy atom. The largest absolute Gasteiger partial charge is 0.392 e. The van der Waals surface area contributed by atoms with E-state index in [1.807, 2.05) is 0 Å². The van der Waals surface area contributed by atoms with Crippen LogP contribution < -0.4 is 0 Å². The summed E-state index contributed by atoms with van der Waals surface area (Å²) in [4.78, 5) is 11.2. The van der Waals surface area contributed by atoms with Gasteiger partial charge < -0.3 is 5.11 Å². The second kappa shape index (κ2) is 11.0. The number of Topliss-reactive ketones (excluding diaryl/α,β-unsaturated/α-hetero) is 1. The van der Waals surface area contributed by atoms with Crippen molar-refractivity contribution in [2.45, 2.75) is 71.3 Å². The maximum Gasteiger partial charge on any atom is 0.136 e. The van der Waals surface area contributed by atoms with Gasteiger partial charge in [0.15, 0.2) is 0 Å². The second-order valence-electron chi connectivity index (χ2n) is 4.85. The summed E-state index contributed by atoms with van der Waals surface area (Å²) < 4.78 is 0. The summed E-state index contributed by atoms with van der Waals surface area (Å²) in [7, 11) is 0. The predicted octanol–water partition coefficient (Wildman–Crippen LogP) is 3.93. The van der Waals surface area contributed by atoms with Crippen LogP contribution in [0, 0.1) is 5.92 Å². The quantitative estimate of drug-likeness (QED) is 0.452. The number of halogens is 1. The summed E-state index contributed by atoms with van der Waals surface area (Å²) in [5, 5.41) is 9.81. The van der Waals surface area contributed by atoms with E-state index >= 15 is 0 Å². The number of aliphatic hydroxyl groups is 1. The molecule has 0 bridgehead atoms. The van der Waals surface area contributed by atoms with Crippen molar-refractivity contribution in [3.8, 4) is 0 Å². The minimum absolute atomic E-state index is 0.00422. The Hall–Kier alpha value is -0.0800. The van der Waals surface area contributed by atoms with Gasteiger partial charge in [-0.15, -0.1) is 11.6 Å². The zero-order valence-electron chi connectivity index (χ0n) is 11.3. The van der Waals surface area contributed by atoms with Crippen LogP contribution in [0.1, 0.15) is 65.2 Å². The van der Waals surface area contributed by atoms with Crippen molar-refractivity contribution in [3.05, 3.63) is 0 Å². The van der Waals surface area contributed by atoms with E-state index in [2.05, 4.69) is 6.92 Å². The van der Waals surface area contributed by atoms with Gasteiger partial charge in [0.05, 0.1) is 12.0 Å². The molecule has 2 atom stereocenters. The molecule has 0 amide bonds. The van der Waals surface area contributed by atoms with E-state index in [4.69, 9.17) is 11.6 Å². The molecule has 0 saturated heterocycles. The van der Waals surface area contributed by atoms with Crippen LogP contribution in [0.3, 0.4) is 0 Å². The number of carbonyl (C=O) groups excluding carboxylic acids is 1. The molecule has 0 aliphatic heterocycles. The minimum Gasteiger partial charge on any atom is -0.392 e. The number of alkyl halides is 1. The van der Waals surface area contributed by atoms with E-state index in [1.165, 1.54) is 39.0 Å². The fourth-order valence-corrected chi connectivity index (χ4v) is 2.42. The lowest BCUT2D eigenvalue weighted by Gasteiger charge is -2.17. The summed E-state index contributed by atoms with van der Waals surface area (Å²) in [6, 6.07) is 0. The molecule has 0 rings (SSSR count). The standard InChI is InChI=1S/C14H27ClO2/c1-3-4-5-6-7-8-9-10-14(17)13(11-15)12(2)16/h13-14,17H,3-11H2,1-2H3/t13-,14-/m1/s1. The smallest absolute Gasteiger partial charge is 0.136 e. The summed E-state index contributed by atoms with van der Waals surface area (Å²) in [5.41, 5.74) is 0. The molecule has 2 nitrogen and oxygen atoms in total. The van der Waals surface area contributed by atoms with Gasteiger partial charge in [0, 0.05) is 5.88 Å². The Bertz CT molecular complexity index is 195. The van der Waals surface area contributed by atoms with E-state index in [1.54, 1.807) is 0 Å². The van der Waals surface area contributed by atoms with Gasteiger partial charge in [0.1, 0.15) is 5.78 Å². The highest BCUT2D eigenvalue weighted by atomic mass is 35.5. The lowest BCUT2D eigenvalue weighted by Crippen LogP contribution is -2.28. The molecule has 0 unspecified atom stereocenters. The molecule has 0 aliphatic rings. The molecule has 0 aromatic carbocycles. The van der Waals surface area contributed by atoms with E-state index in [0.29, 0.717) is 6.42 Å². The van der Waals surface area contributed by atoms with Gasteiger partial charge >= 0.3 is 0 Å². The molecule has 0 fully saturated rings. The highest BCUT2D eigenvalue weighted by molar-refractivity contribution is 6.19. The Morgan fingerprint density at radius 1 is 1.12 bits per heavy atom. The third-order valence-electron chi connectivity index (χ3n) is 3.26. The number of rotatable bonds is 11. The van der Waals surface area contributed by atoms with E-state index in [9.17, 15) is 9.90 Å². The summed E-state index contributed by atoms with van der Waals surface area (Å²) in [5.74, 6) is -0.153. The molecule has 0 aliphatic carbocycles. The van der Waals surface area contributed by atoms with Crippen LogP contribution in [0.5, 0.6) is 0 Å². The molecular weight excluding hydrogens is 236 g/mol. The first kappa shape index (κ1) is 16.9. The molecule has 0 saturated carbocycles. The molecule has 1 N–H and O–H groups in total. The highest BCUT2D eigenvalue weighted by Gasteiger charge is 2.21. The van der Waals surface area contributed by atoms with Gasteiger partial charge in [-0.3, -0.25) is 4.79 Å². The van der Waals surface area contributed by atoms with Crippen LogP contribution in [0.4, 0.5) is 0 Å². The normalized spacial score (nSPS) is 14.6. The topological polar surface area (TPSA) is 37.3 Å². The summed E-state index contributed by atoms with van der Waals surface area (Å²) >= 11 is 5.67. The molecule has 0 aromatic rings. The van der Waals surface area contributed by atoms with Gasteiger partial charge in [-0.2, -0.15) is 0 Å². The molecule has 0 radical (unpaired) electrons. The van der Waals surface area contributed by atoms with Crippen molar-refractivity contribution in [2.24, 2.45) is 5.92 Å². The molecule has 17 heavy (non-hydrogen) atoms. The Labute approximate surface area is 111 Å². The fraction of sp³-hybridized carbons (Fsp3) is 0.929. The maximum absolute atomic E-state index is 11.2. The van der Waals surface area contributed by atoms with E-state index in [0.717, 1.165) is 12.8 Å². The van der Waals surface area contributed by atoms with Crippen LogP contribution in [0.2, 0.25) is 0 Å². The summed E-state index contributed by atoms with van der Waals surface area (Å²) in [6.45, 7) is 3.71. The number of ketones is 1. The molecule has 0 aromatic heterocycles. The lowest BCUT2D eigenvalue weighted by molar-refractivity contribution is -0.123. The molecule has 102 valence electrons. The Kier molecular flexibility index (Phi) is 11.0. The SMILES string of the molecule is CCCCCCCCC[C@@H](O)[C@H](CCl)C(C)=O. The Morgan fingerprint density at radius 3 is 2.12 bits per heavy atom. The van der Waals surface area contributed by atoms with Crippen molar-refractivity contribution < 1.29 is 9.90 Å². The first-order valence-electron chi connectivity index (χ1n) is 6.88. The van der Waals surface area contributed by atoms with Gasteiger partial charge in [-0.05, 0) is 13.3 Å². The third-order valence-corrected chi connectivity index (χ3v) is 3.59. The van der Waals surface area contributed by atoms with Crippen LogP contribution in [-0.2, 0) is 4.79 Å². The zero-order valence-corrected chi connectivity index (χ0v) is 12.0. The summed E-state index contributed by atoms with van der Waals surface area (Å²) in [6.07, 6.45) is 8.72. The van der Waals surface area contributed by atoms with Gasteiger partial charge in [-0.1, -0.05) is 51.9 Å². The van der Waals surface area contributed by atoms with Crippen LogP contribution in [-0.4, -0.2) is 22.9 Å². The molecule has 0 spiro atoms. The van der Waals surface area contributed by atoms with Crippen molar-refractivity contribution in [1.29, 1.82) is 0 Å². The van der Waals surface area contributed by atoms with Crippen molar-refractivity contribution in [2.75, 3.05) is 5.88 Å². The molecular formula is C14H27ClO2. The average Bonchev–Trinajstić information content (AvgIpc) is 2.28. The third kappa shape index (κ3) is 8.62. The second-order valence-corrected chi connectivity index (χ2v) is 5.16. The van der Waals surface area contributed by atoms with Crippen molar-refractivity contribution in [3.63, 3.8) is 0 Å². The predicted molar refractivity (Wildman–Crippen MR) is 73.5 cm³/mol. The molecule has 3 heteroatoms. The highest BCUT2D eigenvalue weighted by Crippen LogP contribution is 2.16. The number of aliphatic hydroxyl groups excluding tert-OH is 1. The lowest BCUT2D eigenvalue weighted by atomic mass is 9.95. The van der Waals surface area contributed by atoms with Crippen LogP contribution >= 0.6 is 11.6 Å². The van der Waals surface area contributed by atoms with Crippen molar-refractivity contribution >= 4 is 17.4 Å². The number of carbonyl (C=O) groups is 1. The first-order valence-corrected chi connectivity index (χ1v) is 7.41. The van der Waals surface area contributed by atoms with E-state index < -0.39 is 6.10 Å². The van der Waals surface area contributed by atoms with Gasteiger partial charge in [0.2, 0.25) is 0 Å². The monoisotopic (exact) mass is 262 g/mol. The fourth-order valence-electron chi connectivity index (χ4n) is 1.99. The first-order chi connectivity index (χ1) is 8.13. The van der Waals surface area contributed by atoms with Crippen LogP contribution in [0.15, 0.2) is 0 Å². The van der Waals surface area contributed by atoms with E-state index in [-0.39, 0.29) is 17.6 Å². The maximum atomic E-state index is 11.2. The number of hydrogen-bond acceptors (Lipinski definition) is 2. The Balaban J connectivity index is 3.50. The van der Waals surface area contributed by atoms with Gasteiger partial charge in [-0.25, -0.2) is 0 Å². The van der Waals surface area contributed by atoms with Crippen molar-refractivity contribution in [1.82, 2.24) is 0 Å². The number of unbranched alkanes of at least 4 members (excludes halogenated alkanes) is 6. The minimum atomic E-state index is -0.555. The van der Waals surface area contributed by atoms with Gasteiger partial charge in [0.25, 0.3) is 0 Å². The molecule has 0 heterocycles. The number of hydrogen-bond donors (Lipinski definition) is 1. The zero-order chi connectivity index (χ0) is 13.1. The van der Waals surface area contributed by atoms with Crippen LogP contribution in [0.25, 0.3) is 0 Å². The average molecular weight is 263 g/mol.